The zero-order valence-electron chi connectivity index (χ0n) is 24.7. The summed E-state index contributed by atoms with van der Waals surface area (Å²) in [5.74, 6) is 1.31. The van der Waals surface area contributed by atoms with Gasteiger partial charge >= 0.3 is 11.9 Å². The minimum absolute atomic E-state index is 0.186. The van der Waals surface area contributed by atoms with E-state index in [1.54, 1.807) is 6.92 Å². The molecule has 1 aliphatic carbocycles. The molecule has 0 bridgehead atoms. The van der Waals surface area contributed by atoms with E-state index >= 15 is 0 Å². The number of benzene rings is 2. The predicted molar refractivity (Wildman–Crippen MR) is 162 cm³/mol. The summed E-state index contributed by atoms with van der Waals surface area (Å²) in [6, 6.07) is 15.8. The Kier molecular flexibility index (Phi) is 8.61. The first-order chi connectivity index (χ1) is 20.4. The van der Waals surface area contributed by atoms with Crippen LogP contribution in [-0.4, -0.2) is 31.6 Å². The molecule has 0 saturated heterocycles. The normalized spacial score (nSPS) is 20.2. The summed E-state index contributed by atoms with van der Waals surface area (Å²) in [6.07, 6.45) is 10.1. The molecule has 2 aliphatic rings. The average Bonchev–Trinajstić information content (AvgIpc) is 3.56. The van der Waals surface area contributed by atoms with E-state index in [2.05, 4.69) is 28.6 Å². The third-order valence-electron chi connectivity index (χ3n) is 7.61. The Labute approximate surface area is 246 Å². The maximum absolute atomic E-state index is 13.6. The van der Waals surface area contributed by atoms with E-state index in [1.807, 2.05) is 85.8 Å². The highest BCUT2D eigenvalue weighted by atomic mass is 16.5. The Balaban J connectivity index is 1.56. The third kappa shape index (κ3) is 5.49. The average molecular weight is 569 g/mol. The van der Waals surface area contributed by atoms with Crippen molar-refractivity contribution in [1.82, 2.24) is 5.32 Å². The van der Waals surface area contributed by atoms with Crippen LogP contribution in [0.5, 0.6) is 5.75 Å². The van der Waals surface area contributed by atoms with Crippen LogP contribution in [-0.2, 0) is 20.9 Å². The number of carbonyl (C=O) groups excluding carboxylic acids is 2. The zero-order chi connectivity index (χ0) is 29.7. The van der Waals surface area contributed by atoms with Gasteiger partial charge in [-0.15, -0.1) is 0 Å². The standard InChI is InChI=1S/C34H37N3O5/c1-5-35-32(38)34(33(39)40-8-4)22-24(17-19-30-36(6-2)26-13-9-11-15-28(26)41-30)21-25(23-34)18-20-31-37(7-3)27-14-10-12-16-29(27)42-31/h9-21H,5-8,22-23H2,1-4H3/p+1. The first-order valence-corrected chi connectivity index (χ1v) is 14.6. The molecule has 5 rings (SSSR count). The van der Waals surface area contributed by atoms with Crippen LogP contribution in [0, 0.1) is 5.41 Å². The van der Waals surface area contributed by atoms with Crippen molar-refractivity contribution in [3.8, 4) is 5.75 Å². The molecule has 8 heteroatoms. The Bertz CT molecular complexity index is 1590. The number of anilines is 1. The van der Waals surface area contributed by atoms with E-state index in [1.165, 1.54) is 0 Å². The summed E-state index contributed by atoms with van der Waals surface area (Å²) in [5, 5.41) is 2.88. The lowest BCUT2D eigenvalue weighted by Gasteiger charge is -2.34. The lowest BCUT2D eigenvalue weighted by atomic mass is 9.71. The fourth-order valence-corrected chi connectivity index (χ4v) is 5.67. The lowest BCUT2D eigenvalue weighted by Crippen LogP contribution is -2.49. The van der Waals surface area contributed by atoms with Gasteiger partial charge in [0.2, 0.25) is 17.4 Å². The summed E-state index contributed by atoms with van der Waals surface area (Å²) >= 11 is 0. The van der Waals surface area contributed by atoms with Gasteiger partial charge in [0.05, 0.1) is 18.4 Å². The number of aryl methyl sites for hydroxylation is 1. The Hall–Kier alpha value is -4.59. The molecule has 1 N–H and O–H groups in total. The van der Waals surface area contributed by atoms with Crippen LogP contribution in [0.3, 0.4) is 0 Å². The summed E-state index contributed by atoms with van der Waals surface area (Å²) in [7, 11) is 0. The van der Waals surface area contributed by atoms with Crippen LogP contribution in [0.2, 0.25) is 0 Å². The zero-order valence-corrected chi connectivity index (χ0v) is 24.7. The minimum Gasteiger partial charge on any atom is -0.465 e. The SMILES string of the molecule is CCNC(=O)C1(C(=O)OCC)CC(=CC=C2Oc3ccccc3N2CC)C=C(C=Cc2oc3ccccc3[n+]2CC)C1. The van der Waals surface area contributed by atoms with Crippen LogP contribution in [0.1, 0.15) is 46.4 Å². The van der Waals surface area contributed by atoms with E-state index in [4.69, 9.17) is 13.9 Å². The lowest BCUT2D eigenvalue weighted by molar-refractivity contribution is -0.674. The number of oxazole rings is 1. The molecule has 3 aromatic rings. The number of allylic oxidation sites excluding steroid dienone is 6. The molecule has 1 aliphatic heterocycles. The molecule has 1 unspecified atom stereocenters. The van der Waals surface area contributed by atoms with Gasteiger partial charge < -0.3 is 24.1 Å². The van der Waals surface area contributed by atoms with Gasteiger partial charge in [-0.05, 0) is 82.0 Å². The van der Waals surface area contributed by atoms with Crippen molar-refractivity contribution in [1.29, 1.82) is 0 Å². The molecule has 42 heavy (non-hydrogen) atoms. The number of nitrogens with one attached hydrogen (secondary N) is 1. The van der Waals surface area contributed by atoms with E-state index in [0.29, 0.717) is 18.3 Å². The number of amides is 1. The first kappa shape index (κ1) is 28.9. The largest absolute Gasteiger partial charge is 0.465 e. The molecular weight excluding hydrogens is 530 g/mol. The van der Waals surface area contributed by atoms with Crippen molar-refractivity contribution < 1.29 is 28.0 Å². The number of aromatic nitrogens is 1. The van der Waals surface area contributed by atoms with Crippen LogP contribution < -0.4 is 19.5 Å². The van der Waals surface area contributed by atoms with Crippen molar-refractivity contribution in [2.24, 2.45) is 5.41 Å². The van der Waals surface area contributed by atoms with E-state index in [0.717, 1.165) is 46.8 Å². The molecule has 1 amide bonds. The molecule has 0 fully saturated rings. The Morgan fingerprint density at radius 3 is 2.57 bits per heavy atom. The second-order valence-corrected chi connectivity index (χ2v) is 10.3. The third-order valence-corrected chi connectivity index (χ3v) is 7.61. The molecule has 1 atom stereocenters. The molecule has 8 nitrogen and oxygen atoms in total. The molecule has 1 aromatic heterocycles. The number of ether oxygens (including phenoxy) is 2. The summed E-state index contributed by atoms with van der Waals surface area (Å²) in [6.45, 7) is 9.79. The number of rotatable bonds is 9. The van der Waals surface area contributed by atoms with Crippen molar-refractivity contribution in [3.05, 3.63) is 95.8 Å². The number of para-hydroxylation sites is 4. The molecule has 218 valence electrons. The number of nitrogens with zero attached hydrogens (tertiary/aromatic N) is 2. The van der Waals surface area contributed by atoms with Crippen molar-refractivity contribution in [3.63, 3.8) is 0 Å². The second-order valence-electron chi connectivity index (χ2n) is 10.3. The number of hydrogen-bond donors (Lipinski definition) is 1. The van der Waals surface area contributed by atoms with Crippen molar-refractivity contribution >= 4 is 34.7 Å². The molecular formula is C34H38N3O5+. The van der Waals surface area contributed by atoms with Gasteiger partial charge in [0, 0.05) is 19.2 Å². The fraction of sp³-hybridized carbons (Fsp3) is 0.324. The van der Waals surface area contributed by atoms with Crippen LogP contribution in [0.15, 0.2) is 94.3 Å². The van der Waals surface area contributed by atoms with Gasteiger partial charge in [-0.1, -0.05) is 36.4 Å². The van der Waals surface area contributed by atoms with Crippen LogP contribution in [0.4, 0.5) is 5.69 Å². The topological polar surface area (TPSA) is 84.9 Å². The van der Waals surface area contributed by atoms with E-state index < -0.39 is 11.4 Å². The Morgan fingerprint density at radius 2 is 1.81 bits per heavy atom. The highest BCUT2D eigenvalue weighted by Crippen LogP contribution is 2.42. The molecule has 0 radical (unpaired) electrons. The quantitative estimate of drug-likeness (QED) is 0.198. The van der Waals surface area contributed by atoms with Gasteiger partial charge in [-0.2, -0.15) is 4.57 Å². The highest BCUT2D eigenvalue weighted by molar-refractivity contribution is 6.04. The molecule has 2 aromatic carbocycles. The molecule has 2 heterocycles. The number of esters is 1. The summed E-state index contributed by atoms with van der Waals surface area (Å²) in [4.78, 5) is 29.2. The monoisotopic (exact) mass is 568 g/mol. The van der Waals surface area contributed by atoms with Crippen LogP contribution in [0.25, 0.3) is 17.2 Å². The van der Waals surface area contributed by atoms with Gasteiger partial charge in [0.25, 0.3) is 5.52 Å². The Morgan fingerprint density at radius 1 is 1.02 bits per heavy atom. The molecule has 0 saturated carbocycles. The number of fused-ring (bicyclic) bond motifs is 2. The first-order valence-electron chi connectivity index (χ1n) is 14.6. The van der Waals surface area contributed by atoms with Crippen molar-refractivity contribution in [2.45, 2.75) is 47.1 Å². The van der Waals surface area contributed by atoms with Crippen LogP contribution >= 0.6 is 0 Å². The number of hydrogen-bond acceptors (Lipinski definition) is 6. The van der Waals surface area contributed by atoms with Gasteiger partial charge in [-0.25, -0.2) is 0 Å². The fourth-order valence-electron chi connectivity index (χ4n) is 5.67. The maximum atomic E-state index is 13.6. The predicted octanol–water partition coefficient (Wildman–Crippen LogP) is 5.85. The summed E-state index contributed by atoms with van der Waals surface area (Å²) in [5.41, 5.74) is 3.04. The van der Waals surface area contributed by atoms with Gasteiger partial charge in [0.1, 0.15) is 6.54 Å². The smallest absolute Gasteiger partial charge is 0.374 e. The highest BCUT2D eigenvalue weighted by Gasteiger charge is 2.49. The number of carbonyl (C=O) groups is 2. The van der Waals surface area contributed by atoms with Crippen molar-refractivity contribution in [2.75, 3.05) is 24.6 Å². The van der Waals surface area contributed by atoms with E-state index in [9.17, 15) is 9.59 Å². The van der Waals surface area contributed by atoms with Gasteiger partial charge in [-0.3, -0.25) is 9.59 Å². The van der Waals surface area contributed by atoms with Gasteiger partial charge in [0.15, 0.2) is 11.2 Å². The second kappa shape index (κ2) is 12.5. The minimum atomic E-state index is -1.40. The summed E-state index contributed by atoms with van der Waals surface area (Å²) < 4.78 is 19.9. The molecule has 0 spiro atoms. The maximum Gasteiger partial charge on any atom is 0.374 e. The van der Waals surface area contributed by atoms with E-state index in [-0.39, 0.29) is 25.4 Å².